The van der Waals surface area contributed by atoms with Gasteiger partial charge in [-0.05, 0) is 48.9 Å². The fourth-order valence-electron chi connectivity index (χ4n) is 4.01. The first kappa shape index (κ1) is 19.2. The average Bonchev–Trinajstić information content (AvgIpc) is 2.66. The van der Waals surface area contributed by atoms with Gasteiger partial charge in [-0.2, -0.15) is 0 Å². The fraction of sp³-hybridized carbons (Fsp3) is 0.409. The van der Waals surface area contributed by atoms with Crippen LogP contribution in [-0.2, 0) is 27.8 Å². The van der Waals surface area contributed by atoms with E-state index in [-0.39, 0.29) is 17.9 Å². The van der Waals surface area contributed by atoms with E-state index in [1.807, 2.05) is 48.2 Å². The van der Waals surface area contributed by atoms with E-state index in [2.05, 4.69) is 4.72 Å². The number of carbonyl (C=O) groups is 1. The molecule has 1 heterocycles. The maximum absolute atomic E-state index is 13.2. The third kappa shape index (κ3) is 3.71. The second-order valence-electron chi connectivity index (χ2n) is 7.79. The van der Waals surface area contributed by atoms with Crippen molar-refractivity contribution in [3.05, 3.63) is 65.2 Å². The maximum atomic E-state index is 13.2. The lowest BCUT2D eigenvalue weighted by Crippen LogP contribution is -2.42. The van der Waals surface area contributed by atoms with Gasteiger partial charge in [-0.25, -0.2) is 13.1 Å². The van der Waals surface area contributed by atoms with Gasteiger partial charge in [0.25, 0.3) is 0 Å². The van der Waals surface area contributed by atoms with Gasteiger partial charge in [0.05, 0.1) is 4.90 Å². The number of nitrogens with one attached hydrogen (secondary N) is 1. The van der Waals surface area contributed by atoms with Crippen LogP contribution in [0.1, 0.15) is 48.9 Å². The minimum Gasteiger partial charge on any atom is -0.338 e. The van der Waals surface area contributed by atoms with E-state index in [1.165, 1.54) is 0 Å². The Kier molecular flexibility index (Phi) is 5.25. The average molecular weight is 399 g/mol. The maximum Gasteiger partial charge on any atom is 0.241 e. The number of benzene rings is 2. The molecule has 1 aliphatic heterocycles. The summed E-state index contributed by atoms with van der Waals surface area (Å²) in [6.07, 6.45) is 3.73. The third-order valence-corrected chi connectivity index (χ3v) is 7.54. The zero-order chi connectivity index (χ0) is 19.7. The van der Waals surface area contributed by atoms with Crippen LogP contribution in [0.15, 0.2) is 53.4 Å². The first-order valence-electron chi connectivity index (χ1n) is 9.92. The van der Waals surface area contributed by atoms with Crippen molar-refractivity contribution in [2.45, 2.75) is 50.1 Å². The Hall–Kier alpha value is -2.18. The summed E-state index contributed by atoms with van der Waals surface area (Å²) in [4.78, 5) is 14.8. The fourth-order valence-corrected chi connectivity index (χ4v) is 5.52. The molecule has 1 aliphatic carbocycles. The lowest BCUT2D eigenvalue weighted by atomic mass is 9.84. The summed E-state index contributed by atoms with van der Waals surface area (Å²) in [7, 11) is -3.70. The van der Waals surface area contributed by atoms with Gasteiger partial charge >= 0.3 is 0 Å². The molecule has 1 amide bonds. The normalized spacial score (nSPS) is 18.2. The summed E-state index contributed by atoms with van der Waals surface area (Å²) in [5.41, 5.74) is 2.69. The molecule has 0 saturated heterocycles. The van der Waals surface area contributed by atoms with Crippen molar-refractivity contribution in [2.24, 2.45) is 5.92 Å². The van der Waals surface area contributed by atoms with E-state index < -0.39 is 10.0 Å². The molecule has 1 N–H and O–H groups in total. The van der Waals surface area contributed by atoms with E-state index in [4.69, 9.17) is 0 Å². The Morgan fingerprint density at radius 3 is 2.54 bits per heavy atom. The van der Waals surface area contributed by atoms with Crippen LogP contribution in [0.25, 0.3) is 0 Å². The number of nitrogens with zero attached hydrogens (tertiary/aromatic N) is 1. The molecular formula is C22H26N2O3S. The zero-order valence-electron chi connectivity index (χ0n) is 16.1. The number of sulfonamides is 1. The molecule has 2 aromatic rings. The van der Waals surface area contributed by atoms with Crippen molar-refractivity contribution in [1.29, 1.82) is 0 Å². The van der Waals surface area contributed by atoms with Crippen LogP contribution in [0.3, 0.4) is 0 Å². The highest BCUT2D eigenvalue weighted by atomic mass is 32.2. The van der Waals surface area contributed by atoms with Gasteiger partial charge in [-0.15, -0.1) is 0 Å². The summed E-state index contributed by atoms with van der Waals surface area (Å²) in [5.74, 6) is 0.302. The van der Waals surface area contributed by atoms with Crippen molar-refractivity contribution < 1.29 is 13.2 Å². The highest BCUT2D eigenvalue weighted by Gasteiger charge is 2.33. The van der Waals surface area contributed by atoms with Crippen LogP contribution >= 0.6 is 0 Å². The molecule has 148 valence electrons. The smallest absolute Gasteiger partial charge is 0.241 e. The standard InChI is InChI=1S/C22H26N2O3S/c1-16(17-7-3-2-4-8-17)23-28(26,27)21-12-6-9-18-13-14-24(15-20(18)21)22(25)19-10-5-11-19/h2-4,6-9,12,16,19,23H,5,10-11,13-15H2,1H3/t16-/m1/s1. The van der Waals surface area contributed by atoms with Crippen molar-refractivity contribution in [2.75, 3.05) is 6.54 Å². The predicted molar refractivity (Wildman–Crippen MR) is 108 cm³/mol. The first-order chi connectivity index (χ1) is 13.5. The molecule has 0 aromatic heterocycles. The van der Waals surface area contributed by atoms with Crippen LogP contribution in [-0.4, -0.2) is 25.8 Å². The molecule has 1 atom stereocenters. The summed E-state index contributed by atoms with van der Waals surface area (Å²) in [6, 6.07) is 14.6. The molecule has 4 rings (SSSR count). The number of hydrogen-bond donors (Lipinski definition) is 1. The van der Waals surface area contributed by atoms with Gasteiger partial charge < -0.3 is 4.90 Å². The predicted octanol–water partition coefficient (Wildman–Crippen LogP) is 3.41. The Labute approximate surface area is 166 Å². The first-order valence-corrected chi connectivity index (χ1v) is 11.4. The third-order valence-electron chi connectivity index (χ3n) is 5.92. The molecule has 1 saturated carbocycles. The highest BCUT2D eigenvalue weighted by molar-refractivity contribution is 7.89. The SMILES string of the molecule is C[C@@H](NS(=O)(=O)c1cccc2c1CN(C(=O)C1CCC1)CC2)c1ccccc1. The Bertz CT molecular complexity index is 969. The summed E-state index contributed by atoms with van der Waals surface area (Å²) in [6.45, 7) is 2.88. The molecule has 0 unspecified atom stereocenters. The van der Waals surface area contributed by atoms with Crippen molar-refractivity contribution >= 4 is 15.9 Å². The lowest BCUT2D eigenvalue weighted by Gasteiger charge is -2.35. The minimum atomic E-state index is -3.70. The van der Waals surface area contributed by atoms with Crippen LogP contribution in [0.2, 0.25) is 0 Å². The highest BCUT2D eigenvalue weighted by Crippen LogP contribution is 2.32. The summed E-state index contributed by atoms with van der Waals surface area (Å²) < 4.78 is 29.1. The van der Waals surface area contributed by atoms with E-state index >= 15 is 0 Å². The van der Waals surface area contributed by atoms with Crippen LogP contribution < -0.4 is 4.72 Å². The second kappa shape index (κ2) is 7.68. The summed E-state index contributed by atoms with van der Waals surface area (Å²) in [5, 5.41) is 0. The lowest BCUT2D eigenvalue weighted by molar-refractivity contribution is -0.139. The van der Waals surface area contributed by atoms with Gasteiger partial charge in [0, 0.05) is 25.0 Å². The van der Waals surface area contributed by atoms with Crippen LogP contribution in [0.5, 0.6) is 0 Å². The van der Waals surface area contributed by atoms with Gasteiger partial charge in [-0.1, -0.05) is 48.9 Å². The molecular weight excluding hydrogens is 372 g/mol. The molecule has 0 spiro atoms. The van der Waals surface area contributed by atoms with Gasteiger partial charge in [0.1, 0.15) is 0 Å². The molecule has 2 aliphatic rings. The number of rotatable bonds is 5. The van der Waals surface area contributed by atoms with E-state index in [9.17, 15) is 13.2 Å². The number of hydrogen-bond acceptors (Lipinski definition) is 3. The Morgan fingerprint density at radius 2 is 1.86 bits per heavy atom. The number of carbonyl (C=O) groups excluding carboxylic acids is 1. The molecule has 28 heavy (non-hydrogen) atoms. The molecule has 0 bridgehead atoms. The second-order valence-corrected chi connectivity index (χ2v) is 9.47. The Morgan fingerprint density at radius 1 is 1.11 bits per heavy atom. The van der Waals surface area contributed by atoms with Crippen molar-refractivity contribution in [3.8, 4) is 0 Å². The monoisotopic (exact) mass is 398 g/mol. The van der Waals surface area contributed by atoms with Gasteiger partial charge in [0.15, 0.2) is 0 Å². The number of fused-ring (bicyclic) bond motifs is 1. The quantitative estimate of drug-likeness (QED) is 0.839. The van der Waals surface area contributed by atoms with Gasteiger partial charge in [-0.3, -0.25) is 4.79 Å². The molecule has 2 aromatic carbocycles. The molecule has 0 radical (unpaired) electrons. The van der Waals surface area contributed by atoms with Crippen LogP contribution in [0.4, 0.5) is 0 Å². The molecule has 5 nitrogen and oxygen atoms in total. The topological polar surface area (TPSA) is 66.5 Å². The zero-order valence-corrected chi connectivity index (χ0v) is 16.9. The minimum absolute atomic E-state index is 0.126. The van der Waals surface area contributed by atoms with E-state index in [1.54, 1.807) is 12.1 Å². The van der Waals surface area contributed by atoms with E-state index in [0.717, 1.165) is 36.0 Å². The largest absolute Gasteiger partial charge is 0.338 e. The van der Waals surface area contributed by atoms with E-state index in [0.29, 0.717) is 24.4 Å². The van der Waals surface area contributed by atoms with Crippen LogP contribution in [0, 0.1) is 5.92 Å². The molecule has 1 fully saturated rings. The molecule has 6 heteroatoms. The summed E-state index contributed by atoms with van der Waals surface area (Å²) >= 11 is 0. The van der Waals surface area contributed by atoms with Crippen molar-refractivity contribution in [1.82, 2.24) is 9.62 Å². The van der Waals surface area contributed by atoms with Gasteiger partial charge in [0.2, 0.25) is 15.9 Å². The number of amides is 1. The Balaban J connectivity index is 1.59. The van der Waals surface area contributed by atoms with Crippen molar-refractivity contribution in [3.63, 3.8) is 0 Å².